The first kappa shape index (κ1) is 35.5. The number of fused-ring (bicyclic) bond motifs is 5. The molecule has 0 N–H and O–H groups in total. The SMILES string of the molecule is Cc1ccccc1N(c1ccc2c(c1)c1ccccc1n2-c1ccc(-c2c3ccccc3c(-c3cccc(C(C)(C)C)c3)c3ccccc23)cc1)c1ccccc1C. The summed E-state index contributed by atoms with van der Waals surface area (Å²) in [5, 5.41) is 7.54. The molecule has 0 bridgehead atoms. The molecule has 0 amide bonds. The molecule has 0 saturated carbocycles. The van der Waals surface area contributed by atoms with Crippen LogP contribution in [0.4, 0.5) is 17.1 Å². The summed E-state index contributed by atoms with van der Waals surface area (Å²) in [5.74, 6) is 0. The largest absolute Gasteiger partial charge is 0.310 e. The number of para-hydroxylation sites is 3. The van der Waals surface area contributed by atoms with Gasteiger partial charge in [0, 0.05) is 33.5 Å². The Bertz CT molecular complexity index is 3070. The zero-order chi connectivity index (χ0) is 39.5. The van der Waals surface area contributed by atoms with E-state index in [1.807, 2.05) is 0 Å². The molecule has 10 rings (SSSR count). The van der Waals surface area contributed by atoms with Crippen molar-refractivity contribution in [3.8, 4) is 27.9 Å². The molecule has 10 aromatic rings. The Balaban J connectivity index is 1.13. The van der Waals surface area contributed by atoms with Crippen molar-refractivity contribution in [2.24, 2.45) is 0 Å². The first-order chi connectivity index (χ1) is 28.3. The summed E-state index contributed by atoms with van der Waals surface area (Å²) in [6.07, 6.45) is 0. The Labute approximate surface area is 341 Å². The third kappa shape index (κ3) is 5.87. The quantitative estimate of drug-likeness (QED) is 0.154. The number of hydrogen-bond acceptors (Lipinski definition) is 1. The van der Waals surface area contributed by atoms with E-state index in [1.54, 1.807) is 0 Å². The summed E-state index contributed by atoms with van der Waals surface area (Å²) in [6, 6.07) is 69.3. The van der Waals surface area contributed by atoms with Crippen LogP contribution < -0.4 is 4.90 Å². The first-order valence-corrected chi connectivity index (χ1v) is 20.4. The van der Waals surface area contributed by atoms with Crippen molar-refractivity contribution >= 4 is 60.4 Å². The van der Waals surface area contributed by atoms with Crippen LogP contribution in [0.1, 0.15) is 37.5 Å². The smallest absolute Gasteiger partial charge is 0.0542 e. The highest BCUT2D eigenvalue weighted by molar-refractivity contribution is 6.21. The van der Waals surface area contributed by atoms with Gasteiger partial charge in [0.15, 0.2) is 0 Å². The van der Waals surface area contributed by atoms with Crippen LogP contribution in [0, 0.1) is 13.8 Å². The Kier molecular flexibility index (Phi) is 8.53. The second-order valence-corrected chi connectivity index (χ2v) is 16.7. The van der Waals surface area contributed by atoms with E-state index in [4.69, 9.17) is 0 Å². The summed E-state index contributed by atoms with van der Waals surface area (Å²) in [5.41, 5.74) is 15.9. The van der Waals surface area contributed by atoms with Gasteiger partial charge in [-0.25, -0.2) is 0 Å². The van der Waals surface area contributed by atoms with E-state index in [9.17, 15) is 0 Å². The lowest BCUT2D eigenvalue weighted by molar-refractivity contribution is 0.590. The van der Waals surface area contributed by atoms with Gasteiger partial charge in [-0.2, -0.15) is 0 Å². The molecule has 0 spiro atoms. The molecular weight excluding hydrogens is 701 g/mol. The number of aryl methyl sites for hydroxylation is 2. The molecule has 0 aliphatic heterocycles. The second kappa shape index (κ2) is 13.9. The third-order valence-corrected chi connectivity index (χ3v) is 12.0. The van der Waals surface area contributed by atoms with Crippen molar-refractivity contribution in [2.75, 3.05) is 4.90 Å². The number of hydrogen-bond donors (Lipinski definition) is 0. The third-order valence-electron chi connectivity index (χ3n) is 12.0. The Morgan fingerprint density at radius 1 is 0.397 bits per heavy atom. The molecule has 58 heavy (non-hydrogen) atoms. The number of rotatable bonds is 6. The second-order valence-electron chi connectivity index (χ2n) is 16.7. The van der Waals surface area contributed by atoms with Crippen LogP contribution in [0.3, 0.4) is 0 Å². The molecule has 9 aromatic carbocycles. The van der Waals surface area contributed by atoms with Crippen molar-refractivity contribution in [3.63, 3.8) is 0 Å². The molecule has 1 aromatic heterocycles. The topological polar surface area (TPSA) is 8.17 Å². The molecule has 0 fully saturated rings. The van der Waals surface area contributed by atoms with E-state index in [2.05, 4.69) is 232 Å². The van der Waals surface area contributed by atoms with Gasteiger partial charge >= 0.3 is 0 Å². The van der Waals surface area contributed by atoms with Gasteiger partial charge in [0.2, 0.25) is 0 Å². The van der Waals surface area contributed by atoms with Crippen molar-refractivity contribution in [3.05, 3.63) is 205 Å². The fourth-order valence-electron chi connectivity index (χ4n) is 9.08. The minimum Gasteiger partial charge on any atom is -0.310 e. The van der Waals surface area contributed by atoms with E-state index in [-0.39, 0.29) is 5.41 Å². The number of benzene rings is 9. The lowest BCUT2D eigenvalue weighted by Gasteiger charge is -2.28. The van der Waals surface area contributed by atoms with Gasteiger partial charge in [0.1, 0.15) is 0 Å². The number of nitrogens with zero attached hydrogens (tertiary/aromatic N) is 2. The average Bonchev–Trinajstić information content (AvgIpc) is 3.58. The van der Waals surface area contributed by atoms with Gasteiger partial charge in [-0.05, 0) is 128 Å². The standard InChI is InChI=1S/C56H46N2/c1-37-17-6-13-26-50(37)58(51-27-14-7-18-38(51)2)43-33-34-53-49(36-43)44-21-12-15-28-52(44)57(53)42-31-29-39(30-32-42)54-45-22-8-10-24-47(45)55(48-25-11-9-23-46(48)54)40-19-16-20-41(35-40)56(3,4)5/h6-36H,1-5H3. The normalized spacial score (nSPS) is 11.9. The van der Waals surface area contributed by atoms with Gasteiger partial charge < -0.3 is 9.47 Å². The highest BCUT2D eigenvalue weighted by Crippen LogP contribution is 2.45. The summed E-state index contributed by atoms with van der Waals surface area (Å²) >= 11 is 0. The summed E-state index contributed by atoms with van der Waals surface area (Å²) in [4.78, 5) is 2.41. The molecule has 0 atom stereocenters. The van der Waals surface area contributed by atoms with Gasteiger partial charge in [0.25, 0.3) is 0 Å². The van der Waals surface area contributed by atoms with Crippen molar-refractivity contribution in [1.82, 2.24) is 4.57 Å². The molecule has 2 nitrogen and oxygen atoms in total. The Hall–Kier alpha value is -6.90. The zero-order valence-corrected chi connectivity index (χ0v) is 33.8. The molecule has 280 valence electrons. The number of anilines is 3. The maximum absolute atomic E-state index is 2.42. The molecular formula is C56H46N2. The summed E-state index contributed by atoms with van der Waals surface area (Å²) in [6.45, 7) is 11.3. The van der Waals surface area contributed by atoms with Gasteiger partial charge in [-0.15, -0.1) is 0 Å². The Morgan fingerprint density at radius 2 is 0.897 bits per heavy atom. The minimum absolute atomic E-state index is 0.0604. The molecule has 0 aliphatic rings. The van der Waals surface area contributed by atoms with E-state index in [0.29, 0.717) is 0 Å². The van der Waals surface area contributed by atoms with Crippen LogP contribution in [0.25, 0.3) is 71.3 Å². The monoisotopic (exact) mass is 746 g/mol. The van der Waals surface area contributed by atoms with Gasteiger partial charge in [0.05, 0.1) is 11.0 Å². The Morgan fingerprint density at radius 3 is 1.47 bits per heavy atom. The fourth-order valence-corrected chi connectivity index (χ4v) is 9.08. The predicted octanol–water partition coefficient (Wildman–Crippen LogP) is 15.8. The lowest BCUT2D eigenvalue weighted by atomic mass is 9.82. The molecule has 0 aliphatic carbocycles. The molecule has 0 radical (unpaired) electrons. The zero-order valence-electron chi connectivity index (χ0n) is 33.8. The molecule has 0 saturated heterocycles. The highest BCUT2D eigenvalue weighted by Gasteiger charge is 2.21. The van der Waals surface area contributed by atoms with Crippen LogP contribution in [0.15, 0.2) is 188 Å². The summed E-state index contributed by atoms with van der Waals surface area (Å²) in [7, 11) is 0. The van der Waals surface area contributed by atoms with E-state index in [1.165, 1.54) is 93.7 Å². The van der Waals surface area contributed by atoms with Gasteiger partial charge in [-0.1, -0.05) is 160 Å². The minimum atomic E-state index is 0.0604. The maximum Gasteiger partial charge on any atom is 0.0542 e. The van der Waals surface area contributed by atoms with Crippen molar-refractivity contribution in [1.29, 1.82) is 0 Å². The van der Waals surface area contributed by atoms with E-state index >= 15 is 0 Å². The van der Waals surface area contributed by atoms with Crippen LogP contribution in [0.5, 0.6) is 0 Å². The van der Waals surface area contributed by atoms with Crippen molar-refractivity contribution in [2.45, 2.75) is 40.0 Å². The maximum atomic E-state index is 2.42. The average molecular weight is 747 g/mol. The van der Waals surface area contributed by atoms with Crippen molar-refractivity contribution < 1.29 is 0 Å². The molecule has 2 heteroatoms. The lowest BCUT2D eigenvalue weighted by Crippen LogP contribution is -2.12. The van der Waals surface area contributed by atoms with E-state index < -0.39 is 0 Å². The van der Waals surface area contributed by atoms with E-state index in [0.717, 1.165) is 11.4 Å². The molecule has 0 unspecified atom stereocenters. The summed E-state index contributed by atoms with van der Waals surface area (Å²) < 4.78 is 2.42. The highest BCUT2D eigenvalue weighted by atomic mass is 15.1. The first-order valence-electron chi connectivity index (χ1n) is 20.4. The number of aromatic nitrogens is 1. The fraction of sp³-hybridized carbons (Fsp3) is 0.107. The van der Waals surface area contributed by atoms with Gasteiger partial charge in [-0.3, -0.25) is 0 Å². The predicted molar refractivity (Wildman–Crippen MR) is 250 cm³/mol. The van der Waals surface area contributed by atoms with Crippen LogP contribution in [0.2, 0.25) is 0 Å². The van der Waals surface area contributed by atoms with Crippen LogP contribution in [-0.4, -0.2) is 4.57 Å². The molecule has 1 heterocycles. The van der Waals surface area contributed by atoms with Crippen LogP contribution >= 0.6 is 0 Å². The van der Waals surface area contributed by atoms with Crippen LogP contribution in [-0.2, 0) is 5.41 Å².